The molecule has 1 saturated carbocycles. The number of carbonyl (C=O) groups excluding carboxylic acids is 1. The minimum Gasteiger partial charge on any atom is -0.494 e. The van der Waals surface area contributed by atoms with E-state index in [1.807, 2.05) is 24.3 Å². The molecule has 1 aromatic rings. The van der Waals surface area contributed by atoms with Crippen molar-refractivity contribution in [3.8, 4) is 5.75 Å². The highest BCUT2D eigenvalue weighted by atomic mass is 16.5. The predicted molar refractivity (Wildman–Crippen MR) is 97.5 cm³/mol. The zero-order valence-corrected chi connectivity index (χ0v) is 15.3. The van der Waals surface area contributed by atoms with Gasteiger partial charge in [-0.3, -0.25) is 4.79 Å². The van der Waals surface area contributed by atoms with Crippen LogP contribution in [0.5, 0.6) is 5.75 Å². The van der Waals surface area contributed by atoms with Crippen molar-refractivity contribution in [1.29, 1.82) is 0 Å². The average molecular weight is 333 g/mol. The number of rotatable bonds is 8. The third-order valence-corrected chi connectivity index (χ3v) is 4.54. The third kappa shape index (κ3) is 4.97. The molecule has 1 amide bonds. The maximum atomic E-state index is 12.9. The summed E-state index contributed by atoms with van der Waals surface area (Å²) in [6, 6.07) is 7.58. The summed E-state index contributed by atoms with van der Waals surface area (Å²) in [4.78, 5) is 12.9. The Balaban J connectivity index is 2.04. The van der Waals surface area contributed by atoms with Crippen molar-refractivity contribution < 1.29 is 14.3 Å². The summed E-state index contributed by atoms with van der Waals surface area (Å²) in [5, 5.41) is 3.05. The molecule has 0 radical (unpaired) electrons. The molecular formula is C20H31NO3. The molecule has 24 heavy (non-hydrogen) atoms. The highest BCUT2D eigenvalue weighted by Crippen LogP contribution is 2.36. The number of carbonyl (C=O) groups is 1. The fourth-order valence-electron chi connectivity index (χ4n) is 3.30. The Labute approximate surface area is 145 Å². The zero-order valence-electron chi connectivity index (χ0n) is 15.3. The Hall–Kier alpha value is -1.55. The molecule has 1 N–H and O–H groups in total. The third-order valence-electron chi connectivity index (χ3n) is 4.54. The molecule has 1 aliphatic carbocycles. The summed E-state index contributed by atoms with van der Waals surface area (Å²) in [7, 11) is 0. The Morgan fingerprint density at radius 2 is 1.92 bits per heavy atom. The second kappa shape index (κ2) is 9.07. The number of hydrogen-bond donors (Lipinski definition) is 1. The van der Waals surface area contributed by atoms with Crippen LogP contribution in [-0.4, -0.2) is 24.7 Å². The van der Waals surface area contributed by atoms with E-state index in [9.17, 15) is 4.79 Å². The van der Waals surface area contributed by atoms with E-state index in [1.54, 1.807) is 0 Å². The van der Waals surface area contributed by atoms with Crippen molar-refractivity contribution in [2.75, 3.05) is 18.5 Å². The Morgan fingerprint density at radius 1 is 1.21 bits per heavy atom. The van der Waals surface area contributed by atoms with Gasteiger partial charge < -0.3 is 14.8 Å². The maximum absolute atomic E-state index is 12.9. The van der Waals surface area contributed by atoms with Crippen molar-refractivity contribution in [3.63, 3.8) is 0 Å². The minimum atomic E-state index is -0.676. The van der Waals surface area contributed by atoms with Crippen molar-refractivity contribution in [2.24, 2.45) is 5.92 Å². The molecule has 134 valence electrons. The van der Waals surface area contributed by atoms with Crippen LogP contribution in [0.15, 0.2) is 24.3 Å². The molecule has 4 heteroatoms. The average Bonchev–Trinajstić information content (AvgIpc) is 2.59. The van der Waals surface area contributed by atoms with E-state index < -0.39 is 5.60 Å². The Kier molecular flexibility index (Phi) is 7.10. The highest BCUT2D eigenvalue weighted by Gasteiger charge is 2.42. The van der Waals surface area contributed by atoms with E-state index in [1.165, 1.54) is 6.42 Å². The second-order valence-electron chi connectivity index (χ2n) is 6.87. The molecule has 2 rings (SSSR count). The lowest BCUT2D eigenvalue weighted by Crippen LogP contribution is -2.48. The van der Waals surface area contributed by atoms with Gasteiger partial charge in [0.1, 0.15) is 11.4 Å². The fourth-order valence-corrected chi connectivity index (χ4v) is 3.30. The Morgan fingerprint density at radius 3 is 2.54 bits per heavy atom. The molecule has 2 atom stereocenters. The van der Waals surface area contributed by atoms with Crippen LogP contribution >= 0.6 is 0 Å². The molecule has 1 aromatic carbocycles. The van der Waals surface area contributed by atoms with Gasteiger partial charge in [-0.05, 0) is 62.3 Å². The largest absolute Gasteiger partial charge is 0.494 e. The van der Waals surface area contributed by atoms with Crippen LogP contribution in [0.4, 0.5) is 5.69 Å². The van der Waals surface area contributed by atoms with Crippen LogP contribution in [0.25, 0.3) is 0 Å². The van der Waals surface area contributed by atoms with Crippen LogP contribution in [-0.2, 0) is 9.53 Å². The van der Waals surface area contributed by atoms with E-state index in [0.717, 1.165) is 43.5 Å². The number of anilines is 1. The van der Waals surface area contributed by atoms with Crippen molar-refractivity contribution in [2.45, 2.75) is 64.9 Å². The van der Waals surface area contributed by atoms with Crippen LogP contribution in [0.2, 0.25) is 0 Å². The molecule has 0 spiro atoms. The molecule has 0 bridgehead atoms. The zero-order chi connectivity index (χ0) is 17.4. The summed E-state index contributed by atoms with van der Waals surface area (Å²) >= 11 is 0. The van der Waals surface area contributed by atoms with E-state index in [2.05, 4.69) is 26.1 Å². The summed E-state index contributed by atoms with van der Waals surface area (Å²) in [5.41, 5.74) is 0.118. The van der Waals surface area contributed by atoms with Crippen molar-refractivity contribution in [3.05, 3.63) is 24.3 Å². The van der Waals surface area contributed by atoms with Gasteiger partial charge in [0, 0.05) is 12.3 Å². The van der Waals surface area contributed by atoms with Crippen LogP contribution in [0.1, 0.15) is 59.3 Å². The first-order valence-electron chi connectivity index (χ1n) is 9.28. The van der Waals surface area contributed by atoms with Crippen LogP contribution < -0.4 is 10.1 Å². The Bertz CT molecular complexity index is 514. The van der Waals surface area contributed by atoms with Gasteiger partial charge in [-0.2, -0.15) is 0 Å². The van der Waals surface area contributed by atoms with Gasteiger partial charge in [0.15, 0.2) is 0 Å². The highest BCUT2D eigenvalue weighted by molar-refractivity contribution is 5.97. The van der Waals surface area contributed by atoms with Crippen molar-refractivity contribution in [1.82, 2.24) is 0 Å². The smallest absolute Gasteiger partial charge is 0.256 e. The quantitative estimate of drug-likeness (QED) is 0.744. The van der Waals surface area contributed by atoms with Gasteiger partial charge in [0.2, 0.25) is 0 Å². The number of ether oxygens (including phenoxy) is 2. The van der Waals surface area contributed by atoms with Gasteiger partial charge >= 0.3 is 0 Å². The van der Waals surface area contributed by atoms with Gasteiger partial charge in [0.05, 0.1) is 6.61 Å². The first-order chi connectivity index (χ1) is 11.6. The first kappa shape index (κ1) is 18.8. The number of benzene rings is 1. The lowest BCUT2D eigenvalue weighted by atomic mass is 9.78. The summed E-state index contributed by atoms with van der Waals surface area (Å²) < 4.78 is 11.6. The van der Waals surface area contributed by atoms with Crippen molar-refractivity contribution >= 4 is 11.6 Å². The van der Waals surface area contributed by atoms with E-state index >= 15 is 0 Å². The number of nitrogens with one attached hydrogen (secondary N) is 1. The lowest BCUT2D eigenvalue weighted by Gasteiger charge is -2.38. The molecule has 0 aromatic heterocycles. The predicted octanol–water partition coefficient (Wildman–Crippen LogP) is 4.79. The van der Waals surface area contributed by atoms with Gasteiger partial charge in [-0.15, -0.1) is 0 Å². The molecule has 0 aliphatic heterocycles. The molecule has 0 saturated heterocycles. The van der Waals surface area contributed by atoms with Gasteiger partial charge in [-0.25, -0.2) is 0 Å². The maximum Gasteiger partial charge on any atom is 0.256 e. The summed E-state index contributed by atoms with van der Waals surface area (Å²) in [6.45, 7) is 7.69. The second-order valence-corrected chi connectivity index (χ2v) is 6.87. The minimum absolute atomic E-state index is 0.00951. The molecule has 1 aliphatic rings. The normalized spacial score (nSPS) is 23.7. The molecule has 4 nitrogen and oxygen atoms in total. The molecular weight excluding hydrogens is 302 g/mol. The van der Waals surface area contributed by atoms with Gasteiger partial charge in [0.25, 0.3) is 5.91 Å². The summed E-state index contributed by atoms with van der Waals surface area (Å²) in [6.07, 6.45) is 5.73. The monoisotopic (exact) mass is 333 g/mol. The molecule has 0 unspecified atom stereocenters. The fraction of sp³-hybridized carbons (Fsp3) is 0.650. The van der Waals surface area contributed by atoms with Crippen LogP contribution in [0.3, 0.4) is 0 Å². The number of hydrogen-bond acceptors (Lipinski definition) is 3. The molecule has 1 fully saturated rings. The van der Waals surface area contributed by atoms with Gasteiger partial charge in [-0.1, -0.05) is 27.2 Å². The van der Waals surface area contributed by atoms with E-state index in [-0.39, 0.29) is 5.91 Å². The summed E-state index contributed by atoms with van der Waals surface area (Å²) in [5.74, 6) is 1.34. The number of amides is 1. The topological polar surface area (TPSA) is 47.6 Å². The first-order valence-corrected chi connectivity index (χ1v) is 9.28. The van der Waals surface area contributed by atoms with E-state index in [0.29, 0.717) is 19.1 Å². The van der Waals surface area contributed by atoms with Crippen LogP contribution in [0, 0.1) is 5.92 Å². The standard InChI is InChI=1S/C20H31NO3/c1-4-13-23-18-10-8-17(9-11-18)21-19(22)20(24-14-5-2)12-6-7-16(3)15-20/h8-11,16H,4-7,12-15H2,1-3H3,(H,21,22)/t16-,20-/m1/s1. The molecule has 0 heterocycles. The van der Waals surface area contributed by atoms with E-state index in [4.69, 9.17) is 9.47 Å². The lowest BCUT2D eigenvalue weighted by molar-refractivity contribution is -0.148. The SMILES string of the molecule is CCCOc1ccc(NC(=O)[C@@]2(OCCC)CCC[C@@H](C)C2)cc1.